The molecule has 0 fully saturated rings. The van der Waals surface area contributed by atoms with Crippen molar-refractivity contribution < 1.29 is 19.0 Å². The van der Waals surface area contributed by atoms with Crippen molar-refractivity contribution in [3.05, 3.63) is 64.7 Å². The van der Waals surface area contributed by atoms with E-state index in [1.54, 1.807) is 21.3 Å². The fraction of sp³-hybridized carbons (Fsp3) is 0.360. The monoisotopic (exact) mass is 454 g/mol. The Labute approximate surface area is 193 Å². The number of hydrogen-bond acceptors (Lipinski definition) is 6. The summed E-state index contributed by atoms with van der Waals surface area (Å²) in [6.45, 7) is 3.59. The highest BCUT2D eigenvalue weighted by molar-refractivity contribution is 7.17. The lowest BCUT2D eigenvalue weighted by Gasteiger charge is -2.22. The number of hydrogen-bond donors (Lipinski definition) is 0. The van der Waals surface area contributed by atoms with E-state index in [-0.39, 0.29) is 5.91 Å². The van der Waals surface area contributed by atoms with E-state index in [0.29, 0.717) is 36.1 Å². The number of amides is 1. The molecule has 1 amide bonds. The van der Waals surface area contributed by atoms with Crippen LogP contribution in [-0.4, -0.2) is 56.8 Å². The summed E-state index contributed by atoms with van der Waals surface area (Å²) < 4.78 is 16.0. The molecule has 32 heavy (non-hydrogen) atoms. The van der Waals surface area contributed by atoms with Crippen LogP contribution in [0.2, 0.25) is 0 Å². The third-order valence-corrected chi connectivity index (χ3v) is 6.40. The second-order valence-electron chi connectivity index (χ2n) is 7.38. The number of nitrogens with zero attached hydrogens (tertiary/aromatic N) is 2. The molecule has 0 unspecified atom stereocenters. The van der Waals surface area contributed by atoms with Gasteiger partial charge in [-0.1, -0.05) is 30.3 Å². The molecule has 0 atom stereocenters. The molecule has 3 aromatic rings. The first-order chi connectivity index (χ1) is 15.6. The number of methoxy groups -OCH3 is 3. The van der Waals surface area contributed by atoms with Gasteiger partial charge in [-0.15, -0.1) is 11.3 Å². The van der Waals surface area contributed by atoms with E-state index in [9.17, 15) is 4.79 Å². The van der Waals surface area contributed by atoms with Crippen LogP contribution in [-0.2, 0) is 11.2 Å². The van der Waals surface area contributed by atoms with Crippen LogP contribution >= 0.6 is 11.3 Å². The first-order valence-electron chi connectivity index (χ1n) is 10.6. The highest BCUT2D eigenvalue weighted by Crippen LogP contribution is 2.35. The molecule has 0 aliphatic rings. The lowest BCUT2D eigenvalue weighted by molar-refractivity contribution is 0.0697. The number of aromatic nitrogens is 1. The third kappa shape index (κ3) is 5.87. The molecular weight excluding hydrogens is 424 g/mol. The van der Waals surface area contributed by atoms with Gasteiger partial charge in [0.1, 0.15) is 9.88 Å². The molecule has 0 aliphatic carbocycles. The normalized spacial score (nSPS) is 10.8. The summed E-state index contributed by atoms with van der Waals surface area (Å²) in [5.41, 5.74) is 2.90. The van der Waals surface area contributed by atoms with Gasteiger partial charge in [0.25, 0.3) is 5.91 Å². The molecule has 2 aromatic carbocycles. The Hall–Kier alpha value is -2.90. The highest BCUT2D eigenvalue weighted by atomic mass is 32.1. The van der Waals surface area contributed by atoms with Crippen molar-refractivity contribution in [3.63, 3.8) is 0 Å². The Morgan fingerprint density at radius 3 is 2.44 bits per heavy atom. The summed E-state index contributed by atoms with van der Waals surface area (Å²) >= 11 is 1.41. The fourth-order valence-corrected chi connectivity index (χ4v) is 4.50. The predicted molar refractivity (Wildman–Crippen MR) is 128 cm³/mol. The van der Waals surface area contributed by atoms with Crippen LogP contribution in [0.3, 0.4) is 0 Å². The van der Waals surface area contributed by atoms with E-state index in [2.05, 4.69) is 17.1 Å². The number of ether oxygens (including phenoxy) is 3. The average molecular weight is 455 g/mol. The number of aryl methyl sites for hydroxylation is 2. The van der Waals surface area contributed by atoms with Gasteiger partial charge in [0.15, 0.2) is 11.5 Å². The molecule has 0 spiro atoms. The third-order valence-electron chi connectivity index (χ3n) is 5.21. The van der Waals surface area contributed by atoms with E-state index in [1.165, 1.54) is 16.9 Å². The first kappa shape index (κ1) is 23.8. The first-order valence-corrected chi connectivity index (χ1v) is 11.4. The van der Waals surface area contributed by atoms with Crippen molar-refractivity contribution in [1.29, 1.82) is 0 Å². The Morgan fingerprint density at radius 2 is 1.75 bits per heavy atom. The molecule has 0 saturated carbocycles. The maximum atomic E-state index is 13.4. The average Bonchev–Trinajstić information content (AvgIpc) is 3.22. The zero-order chi connectivity index (χ0) is 22.9. The molecule has 0 saturated heterocycles. The number of thiazole rings is 1. The number of benzene rings is 2. The summed E-state index contributed by atoms with van der Waals surface area (Å²) in [6, 6.07) is 16.0. The predicted octanol–water partition coefficient (Wildman–Crippen LogP) is 4.86. The van der Waals surface area contributed by atoms with Gasteiger partial charge in [-0.25, -0.2) is 4.98 Å². The quantitative estimate of drug-likeness (QED) is 0.414. The van der Waals surface area contributed by atoms with Crippen LogP contribution in [0.5, 0.6) is 11.5 Å². The second kappa shape index (κ2) is 11.6. The lowest BCUT2D eigenvalue weighted by atomic mass is 10.1. The van der Waals surface area contributed by atoms with Crippen LogP contribution < -0.4 is 9.47 Å². The second-order valence-corrected chi connectivity index (χ2v) is 8.38. The minimum Gasteiger partial charge on any atom is -0.493 e. The van der Waals surface area contributed by atoms with Crippen molar-refractivity contribution in [2.45, 2.75) is 19.8 Å². The van der Waals surface area contributed by atoms with Gasteiger partial charge in [-0.2, -0.15) is 0 Å². The van der Waals surface area contributed by atoms with Crippen LogP contribution in [0.15, 0.2) is 48.5 Å². The zero-order valence-corrected chi connectivity index (χ0v) is 19.9. The Bertz CT molecular complexity index is 1020. The fourth-order valence-electron chi connectivity index (χ4n) is 3.47. The van der Waals surface area contributed by atoms with Crippen molar-refractivity contribution in [2.75, 3.05) is 41.0 Å². The zero-order valence-electron chi connectivity index (χ0n) is 19.1. The van der Waals surface area contributed by atoms with Gasteiger partial charge in [0, 0.05) is 25.8 Å². The molecule has 1 aromatic heterocycles. The van der Waals surface area contributed by atoms with E-state index in [4.69, 9.17) is 14.2 Å². The number of carbonyl (C=O) groups excluding carboxylic acids is 1. The Morgan fingerprint density at radius 1 is 1.00 bits per heavy atom. The van der Waals surface area contributed by atoms with Crippen molar-refractivity contribution in [1.82, 2.24) is 9.88 Å². The van der Waals surface area contributed by atoms with E-state index in [1.807, 2.05) is 48.2 Å². The minimum atomic E-state index is -0.00293. The molecule has 0 bridgehead atoms. The molecule has 170 valence electrons. The smallest absolute Gasteiger partial charge is 0.265 e. The Kier molecular flexibility index (Phi) is 8.64. The van der Waals surface area contributed by atoms with E-state index >= 15 is 0 Å². The summed E-state index contributed by atoms with van der Waals surface area (Å²) in [5.74, 6) is 1.29. The molecule has 0 aliphatic heterocycles. The molecule has 0 radical (unpaired) electrons. The van der Waals surface area contributed by atoms with Crippen molar-refractivity contribution >= 4 is 17.2 Å². The van der Waals surface area contributed by atoms with E-state index < -0.39 is 0 Å². The summed E-state index contributed by atoms with van der Waals surface area (Å²) in [6.07, 6.45) is 1.82. The lowest BCUT2D eigenvalue weighted by Crippen LogP contribution is -2.35. The molecular formula is C25H30N2O4S. The van der Waals surface area contributed by atoms with Crippen LogP contribution in [0.4, 0.5) is 0 Å². The largest absolute Gasteiger partial charge is 0.493 e. The number of rotatable bonds is 11. The van der Waals surface area contributed by atoms with Gasteiger partial charge < -0.3 is 19.1 Å². The number of carbonyl (C=O) groups is 1. The highest BCUT2D eigenvalue weighted by Gasteiger charge is 2.22. The standard InChI is InChI=1S/C25H30N2O4S/c1-18-23(32-24(26-18)20-12-13-21(30-3)22(17-20)31-4)25(28)27(15-16-29-2)14-8-11-19-9-6-5-7-10-19/h5-7,9-10,12-13,17H,8,11,14-16H2,1-4H3. The topological polar surface area (TPSA) is 60.9 Å². The van der Waals surface area contributed by atoms with Gasteiger partial charge in [0.2, 0.25) is 0 Å². The van der Waals surface area contributed by atoms with Crippen LogP contribution in [0.25, 0.3) is 10.6 Å². The van der Waals surface area contributed by atoms with Gasteiger partial charge in [-0.3, -0.25) is 4.79 Å². The van der Waals surface area contributed by atoms with Crippen LogP contribution in [0.1, 0.15) is 27.3 Å². The molecule has 6 nitrogen and oxygen atoms in total. The van der Waals surface area contributed by atoms with Gasteiger partial charge in [-0.05, 0) is 43.5 Å². The van der Waals surface area contributed by atoms with Gasteiger partial charge in [0.05, 0.1) is 26.5 Å². The SMILES string of the molecule is COCCN(CCCc1ccccc1)C(=O)c1sc(-c2ccc(OC)c(OC)c2)nc1C. The van der Waals surface area contributed by atoms with Crippen LogP contribution in [0, 0.1) is 6.92 Å². The maximum absolute atomic E-state index is 13.4. The Balaban J connectivity index is 1.76. The minimum absolute atomic E-state index is 0.00293. The summed E-state index contributed by atoms with van der Waals surface area (Å²) in [4.78, 5) is 20.6. The molecule has 0 N–H and O–H groups in total. The molecule has 1 heterocycles. The summed E-state index contributed by atoms with van der Waals surface area (Å²) in [7, 11) is 4.86. The van der Waals surface area contributed by atoms with Crippen molar-refractivity contribution in [2.24, 2.45) is 0 Å². The van der Waals surface area contributed by atoms with Gasteiger partial charge >= 0.3 is 0 Å². The van der Waals surface area contributed by atoms with Crippen molar-refractivity contribution in [3.8, 4) is 22.1 Å². The van der Waals surface area contributed by atoms with E-state index in [0.717, 1.165) is 29.1 Å². The summed E-state index contributed by atoms with van der Waals surface area (Å²) in [5, 5.41) is 0.780. The molecule has 3 rings (SSSR count). The maximum Gasteiger partial charge on any atom is 0.265 e. The molecule has 7 heteroatoms.